The molecule has 4 bridgehead atoms. The highest BCUT2D eigenvalue weighted by Gasteiger charge is 2.54. The van der Waals surface area contributed by atoms with Gasteiger partial charge < -0.3 is 10.7 Å². The van der Waals surface area contributed by atoms with Crippen LogP contribution in [0.1, 0.15) is 76.0 Å². The van der Waals surface area contributed by atoms with E-state index >= 15 is 0 Å². The molecule has 4 fully saturated rings. The van der Waals surface area contributed by atoms with Crippen LogP contribution >= 0.6 is 0 Å². The zero-order valence-electron chi connectivity index (χ0n) is 19.0. The summed E-state index contributed by atoms with van der Waals surface area (Å²) < 4.78 is 0. The Balaban J connectivity index is 1.49. The summed E-state index contributed by atoms with van der Waals surface area (Å²) >= 11 is 0. The van der Waals surface area contributed by atoms with Crippen molar-refractivity contribution in [3.05, 3.63) is 41.0 Å². The molecule has 0 amide bonds. The number of carbonyl (C=O) groups excluding carboxylic acids is 2. The predicted octanol–water partition coefficient (Wildman–Crippen LogP) is 4.89. The van der Waals surface area contributed by atoms with Gasteiger partial charge in [0.15, 0.2) is 11.6 Å². The van der Waals surface area contributed by atoms with E-state index in [1.54, 1.807) is 0 Å². The minimum absolute atomic E-state index is 0.117. The Morgan fingerprint density at radius 2 is 1.71 bits per heavy atom. The van der Waals surface area contributed by atoms with E-state index in [1.807, 2.05) is 12.1 Å². The molecule has 31 heavy (non-hydrogen) atoms. The van der Waals surface area contributed by atoms with Gasteiger partial charge in [-0.3, -0.25) is 9.59 Å². The molecular formula is C27H34N2O2. The second-order valence-corrected chi connectivity index (χ2v) is 11.5. The van der Waals surface area contributed by atoms with E-state index in [0.717, 1.165) is 60.3 Å². The molecule has 1 aromatic rings. The highest BCUT2D eigenvalue weighted by molar-refractivity contribution is 6.38. The first-order chi connectivity index (χ1) is 14.6. The van der Waals surface area contributed by atoms with Gasteiger partial charge in [0.25, 0.3) is 0 Å². The number of hydrogen-bond acceptors (Lipinski definition) is 4. The molecule has 0 unspecified atom stereocenters. The van der Waals surface area contributed by atoms with Gasteiger partial charge in [-0.15, -0.1) is 0 Å². The third-order valence-corrected chi connectivity index (χ3v) is 8.21. The summed E-state index contributed by atoms with van der Waals surface area (Å²) in [6.45, 7) is 5.80. The first kappa shape index (κ1) is 20.7. The average molecular weight is 419 g/mol. The molecule has 4 saturated carbocycles. The van der Waals surface area contributed by atoms with Gasteiger partial charge in [-0.2, -0.15) is 0 Å². The van der Waals surface area contributed by atoms with Crippen molar-refractivity contribution in [2.75, 3.05) is 0 Å². The maximum Gasteiger partial charge on any atom is 0.173 e. The number of carbonyl (C=O) groups is 2. The second-order valence-electron chi connectivity index (χ2n) is 11.5. The number of ketones is 2. The molecule has 0 radical (unpaired) electrons. The van der Waals surface area contributed by atoms with Crippen LogP contribution in [0.3, 0.4) is 0 Å². The fourth-order valence-corrected chi connectivity index (χ4v) is 7.23. The lowest BCUT2D eigenvalue weighted by molar-refractivity contribution is -0.138. The highest BCUT2D eigenvalue weighted by atomic mass is 16.1. The summed E-state index contributed by atoms with van der Waals surface area (Å²) in [5, 5.41) is 11.6. The fourth-order valence-electron chi connectivity index (χ4n) is 7.23. The van der Waals surface area contributed by atoms with E-state index in [2.05, 4.69) is 31.3 Å². The van der Waals surface area contributed by atoms with E-state index in [4.69, 9.17) is 5.41 Å². The van der Waals surface area contributed by atoms with Crippen LogP contribution in [0.15, 0.2) is 24.3 Å². The molecule has 0 spiro atoms. The summed E-state index contributed by atoms with van der Waals surface area (Å²) in [5.74, 6) is 2.38. The largest absolute Gasteiger partial charge is 0.379 e. The third kappa shape index (κ3) is 3.79. The van der Waals surface area contributed by atoms with Gasteiger partial charge in [0.1, 0.15) is 0 Å². The Kier molecular flexibility index (Phi) is 4.76. The first-order valence-corrected chi connectivity index (χ1v) is 11.9. The standard InChI is InChI=1S/C27H34N2O2/c1-16(30)23(28)10-17-4-5-21-15-26(2,3)29-24(22(21)9-17)11-25(31)27-12-18-6-19(13-27)8-20(7-18)14-27/h4-5,9,11,18-20,28-29H,6-8,10,12-15H2,1-3H3/b24-11-,28-23?. The number of nitrogens with one attached hydrogen (secondary N) is 2. The molecule has 6 rings (SSSR count). The smallest absolute Gasteiger partial charge is 0.173 e. The number of fused-ring (bicyclic) bond motifs is 1. The fraction of sp³-hybridized carbons (Fsp3) is 0.593. The predicted molar refractivity (Wildman–Crippen MR) is 123 cm³/mol. The molecule has 164 valence electrons. The Labute approximate surface area is 185 Å². The lowest BCUT2D eigenvalue weighted by Crippen LogP contribution is -2.50. The van der Waals surface area contributed by atoms with Gasteiger partial charge in [0.05, 0.1) is 5.71 Å². The maximum atomic E-state index is 13.7. The molecule has 2 N–H and O–H groups in total. The average Bonchev–Trinajstić information content (AvgIpc) is 2.66. The SMILES string of the molecule is CC(=O)C(=N)Cc1ccc2c(c1)/C(=C/C(=O)C13CC4CC(CC(C4)C1)C3)NC(C)(C)C2. The van der Waals surface area contributed by atoms with Crippen molar-refractivity contribution in [1.29, 1.82) is 5.41 Å². The van der Waals surface area contributed by atoms with Crippen molar-refractivity contribution in [3.63, 3.8) is 0 Å². The molecule has 5 aliphatic rings. The molecule has 1 heterocycles. The van der Waals surface area contributed by atoms with Gasteiger partial charge >= 0.3 is 0 Å². The highest BCUT2D eigenvalue weighted by Crippen LogP contribution is 2.60. The van der Waals surface area contributed by atoms with Crippen molar-refractivity contribution in [2.24, 2.45) is 23.2 Å². The number of hydrogen-bond donors (Lipinski definition) is 2. The van der Waals surface area contributed by atoms with Crippen LogP contribution in [0, 0.1) is 28.6 Å². The van der Waals surface area contributed by atoms with E-state index in [9.17, 15) is 9.59 Å². The van der Waals surface area contributed by atoms with Crippen molar-refractivity contribution >= 4 is 23.0 Å². The van der Waals surface area contributed by atoms with Gasteiger partial charge in [-0.25, -0.2) is 0 Å². The van der Waals surface area contributed by atoms with Gasteiger partial charge in [-0.1, -0.05) is 12.1 Å². The molecule has 0 atom stereocenters. The van der Waals surface area contributed by atoms with E-state index < -0.39 is 0 Å². The number of rotatable bonds is 5. The van der Waals surface area contributed by atoms with Gasteiger partial charge in [0.2, 0.25) is 0 Å². The van der Waals surface area contributed by atoms with Crippen LogP contribution in [0.25, 0.3) is 5.70 Å². The zero-order valence-corrected chi connectivity index (χ0v) is 19.0. The van der Waals surface area contributed by atoms with E-state index in [1.165, 1.54) is 31.7 Å². The first-order valence-electron chi connectivity index (χ1n) is 11.9. The van der Waals surface area contributed by atoms with Gasteiger partial charge in [-0.05, 0) is 93.7 Å². The molecular weight excluding hydrogens is 384 g/mol. The number of allylic oxidation sites excluding steroid dienone is 1. The van der Waals surface area contributed by atoms with Crippen LogP contribution in [-0.2, 0) is 22.4 Å². The Hall–Kier alpha value is -2.23. The molecule has 0 saturated heterocycles. The summed E-state index contributed by atoms with van der Waals surface area (Å²) in [4.78, 5) is 25.3. The van der Waals surface area contributed by atoms with Crippen LogP contribution < -0.4 is 5.32 Å². The minimum Gasteiger partial charge on any atom is -0.379 e. The van der Waals surface area contributed by atoms with Gasteiger partial charge in [0, 0.05) is 41.6 Å². The topological polar surface area (TPSA) is 70.0 Å². The van der Waals surface area contributed by atoms with Crippen molar-refractivity contribution in [1.82, 2.24) is 5.32 Å². The Bertz CT molecular complexity index is 965. The van der Waals surface area contributed by atoms with Crippen LogP contribution in [0.4, 0.5) is 0 Å². The lowest BCUT2D eigenvalue weighted by Gasteiger charge is -2.55. The number of benzene rings is 1. The summed E-state index contributed by atoms with van der Waals surface area (Å²) in [6.07, 6.45) is 10.4. The normalized spacial score (nSPS) is 33.6. The molecule has 4 heteroatoms. The summed E-state index contributed by atoms with van der Waals surface area (Å²) in [5.41, 5.74) is 4.03. The summed E-state index contributed by atoms with van der Waals surface area (Å²) in [6, 6.07) is 6.22. The van der Waals surface area contributed by atoms with Crippen molar-refractivity contribution in [2.45, 2.75) is 77.7 Å². The monoisotopic (exact) mass is 418 g/mol. The summed E-state index contributed by atoms with van der Waals surface area (Å²) in [7, 11) is 0. The van der Waals surface area contributed by atoms with Crippen LogP contribution in [0.2, 0.25) is 0 Å². The second kappa shape index (κ2) is 7.15. The van der Waals surface area contributed by atoms with Crippen LogP contribution in [0.5, 0.6) is 0 Å². The molecule has 1 aliphatic heterocycles. The quantitative estimate of drug-likeness (QED) is 0.528. The maximum absolute atomic E-state index is 13.7. The van der Waals surface area contributed by atoms with Crippen molar-refractivity contribution < 1.29 is 9.59 Å². The number of Topliss-reactive ketones (excluding diaryl/α,β-unsaturated/α-hetero) is 1. The third-order valence-electron chi connectivity index (χ3n) is 8.21. The van der Waals surface area contributed by atoms with E-state index in [-0.39, 0.29) is 22.4 Å². The lowest BCUT2D eigenvalue weighted by atomic mass is 9.48. The molecule has 1 aromatic carbocycles. The minimum atomic E-state index is -0.190. The zero-order chi connectivity index (χ0) is 22.0. The Morgan fingerprint density at radius 3 is 2.29 bits per heavy atom. The molecule has 0 aromatic heterocycles. The van der Waals surface area contributed by atoms with Crippen LogP contribution in [-0.4, -0.2) is 22.8 Å². The molecule has 4 nitrogen and oxygen atoms in total. The molecule has 4 aliphatic carbocycles. The van der Waals surface area contributed by atoms with Crippen molar-refractivity contribution in [3.8, 4) is 0 Å². The van der Waals surface area contributed by atoms with E-state index in [0.29, 0.717) is 12.2 Å². The Morgan fingerprint density at radius 1 is 1.10 bits per heavy atom.